The summed E-state index contributed by atoms with van der Waals surface area (Å²) < 4.78 is 1.67. The molecule has 0 fully saturated rings. The summed E-state index contributed by atoms with van der Waals surface area (Å²) in [7, 11) is 0. The van der Waals surface area contributed by atoms with Gasteiger partial charge in [-0.3, -0.25) is 19.4 Å². The highest BCUT2D eigenvalue weighted by Crippen LogP contribution is 2.32. The van der Waals surface area contributed by atoms with E-state index in [2.05, 4.69) is 10.4 Å². The molecule has 25 heavy (non-hydrogen) atoms. The zero-order chi connectivity index (χ0) is 17.6. The molecule has 0 atom stereocenters. The number of aromatic nitrogens is 2. The number of hydrogen-bond acceptors (Lipinski definition) is 5. The number of rotatable bonds is 5. The van der Waals surface area contributed by atoms with Crippen LogP contribution in [0.2, 0.25) is 0 Å². The molecule has 0 saturated carbocycles. The Morgan fingerprint density at radius 1 is 1.08 bits per heavy atom. The van der Waals surface area contributed by atoms with E-state index in [1.807, 2.05) is 12.1 Å². The van der Waals surface area contributed by atoms with Crippen LogP contribution in [0.5, 0.6) is 5.75 Å². The number of H-pyrrole nitrogens is 1. The predicted molar refractivity (Wildman–Crippen MR) is 96.6 cm³/mol. The van der Waals surface area contributed by atoms with Gasteiger partial charge in [-0.05, 0) is 0 Å². The van der Waals surface area contributed by atoms with Crippen molar-refractivity contribution in [3.8, 4) is 5.75 Å². The third-order valence-electron chi connectivity index (χ3n) is 4.49. The molecule has 4 rings (SSSR count). The molecule has 1 aromatic heterocycles. The van der Waals surface area contributed by atoms with Crippen LogP contribution < -0.4 is 16.2 Å². The minimum atomic E-state index is -0.571. The summed E-state index contributed by atoms with van der Waals surface area (Å²) in [6.07, 6.45) is 0. The maximum Gasteiger partial charge on any atom is 0.223 e. The average molecular weight is 339 g/mol. The maximum atomic E-state index is 12.8. The molecule has 0 amide bonds. The number of phenolic OH excluding ortho intramolecular Hbond substituents is 1. The van der Waals surface area contributed by atoms with Crippen LogP contribution in [0, 0.1) is 0 Å². The third kappa shape index (κ3) is 2.28. The van der Waals surface area contributed by atoms with Crippen LogP contribution in [0.3, 0.4) is 0 Å². The molecule has 0 aliphatic rings. The van der Waals surface area contributed by atoms with Gasteiger partial charge in [0.15, 0.2) is 11.2 Å². The Kier molecular flexibility index (Phi) is 3.67. The number of fused-ring (bicyclic) bond motifs is 2. The van der Waals surface area contributed by atoms with Gasteiger partial charge in [-0.25, -0.2) is 0 Å². The Balaban J connectivity index is 2.07. The van der Waals surface area contributed by atoms with Crippen LogP contribution in [0.15, 0.2) is 39.9 Å². The highest BCUT2D eigenvalue weighted by molar-refractivity contribution is 6.20. The number of nitrogens with one attached hydrogen (secondary N) is 2. The van der Waals surface area contributed by atoms with Crippen LogP contribution in [0.1, 0.15) is 0 Å². The van der Waals surface area contributed by atoms with Crippen molar-refractivity contribution < 1.29 is 10.2 Å². The van der Waals surface area contributed by atoms with E-state index in [-0.39, 0.29) is 17.8 Å². The van der Waals surface area contributed by atoms with Gasteiger partial charge in [0.2, 0.25) is 5.43 Å². The Morgan fingerprint density at radius 2 is 1.84 bits per heavy atom. The van der Waals surface area contributed by atoms with E-state index < -0.39 is 5.43 Å². The standard InChI is InChI=1S/C18H17N3O4/c22-8-6-19-5-7-21-16-14-12(9-13(23)18(16)25)17(24)11-4-2-1-3-10(11)15(14)20-21/h1-4,9,19-20,22,25H,5-8H2. The van der Waals surface area contributed by atoms with Gasteiger partial charge >= 0.3 is 0 Å². The SMILES string of the molecule is O=c1cc2c(=O)c3ccccc3c3[nH]n(CCNCCO)c(c1O)c23. The molecule has 0 saturated heterocycles. The number of aliphatic hydroxyl groups is 1. The number of hydrogen-bond donors (Lipinski definition) is 4. The fraction of sp³-hybridized carbons (Fsp3) is 0.222. The van der Waals surface area contributed by atoms with Gasteiger partial charge < -0.3 is 15.5 Å². The molecule has 4 N–H and O–H groups in total. The Hall–Kier alpha value is -2.90. The molecule has 7 heteroatoms. The summed E-state index contributed by atoms with van der Waals surface area (Å²) in [5.74, 6) is -0.365. The van der Waals surface area contributed by atoms with Crippen LogP contribution in [0.4, 0.5) is 0 Å². The van der Waals surface area contributed by atoms with Gasteiger partial charge in [0, 0.05) is 40.7 Å². The van der Waals surface area contributed by atoms with E-state index in [4.69, 9.17) is 5.11 Å². The minimum absolute atomic E-state index is 0.0311. The van der Waals surface area contributed by atoms with Crippen molar-refractivity contribution in [1.82, 2.24) is 15.1 Å². The lowest BCUT2D eigenvalue weighted by molar-refractivity contribution is 0.291. The molecule has 1 heterocycles. The first kappa shape index (κ1) is 15.6. The van der Waals surface area contributed by atoms with Gasteiger partial charge in [0.1, 0.15) is 5.52 Å². The van der Waals surface area contributed by atoms with Crippen molar-refractivity contribution in [2.45, 2.75) is 6.54 Å². The monoisotopic (exact) mass is 339 g/mol. The van der Waals surface area contributed by atoms with E-state index in [1.165, 1.54) is 6.07 Å². The minimum Gasteiger partial charge on any atom is -0.503 e. The lowest BCUT2D eigenvalue weighted by Gasteiger charge is -2.06. The second-order valence-electron chi connectivity index (χ2n) is 5.98. The fourth-order valence-electron chi connectivity index (χ4n) is 3.38. The second kappa shape index (κ2) is 5.87. The molecular formula is C18H17N3O4. The zero-order valence-electron chi connectivity index (χ0n) is 13.4. The number of benzene rings is 3. The van der Waals surface area contributed by atoms with Gasteiger partial charge in [-0.15, -0.1) is 0 Å². The summed E-state index contributed by atoms with van der Waals surface area (Å²) in [4.78, 5) is 24.9. The summed E-state index contributed by atoms with van der Waals surface area (Å²) in [5, 5.41) is 27.6. The Labute approximate surface area is 141 Å². The van der Waals surface area contributed by atoms with E-state index in [1.54, 1.807) is 16.8 Å². The molecule has 128 valence electrons. The summed E-state index contributed by atoms with van der Waals surface area (Å²) in [5.41, 5.74) is 0.274. The molecule has 3 aromatic carbocycles. The summed E-state index contributed by atoms with van der Waals surface area (Å²) in [6.45, 7) is 1.47. The molecule has 0 aliphatic heterocycles. The van der Waals surface area contributed by atoms with Crippen LogP contribution in [-0.2, 0) is 6.54 Å². The molecule has 0 unspecified atom stereocenters. The molecular weight excluding hydrogens is 322 g/mol. The third-order valence-corrected chi connectivity index (χ3v) is 4.49. The van der Waals surface area contributed by atoms with Crippen LogP contribution in [0.25, 0.3) is 32.6 Å². The molecule has 7 nitrogen and oxygen atoms in total. The number of phenols is 1. The molecule has 4 aromatic rings. The van der Waals surface area contributed by atoms with Crippen molar-refractivity contribution in [3.05, 3.63) is 50.8 Å². The second-order valence-corrected chi connectivity index (χ2v) is 5.98. The van der Waals surface area contributed by atoms with Crippen LogP contribution >= 0.6 is 0 Å². The molecule has 0 bridgehead atoms. The number of aliphatic hydroxyl groups excluding tert-OH is 1. The number of aromatic hydroxyl groups is 1. The van der Waals surface area contributed by atoms with Gasteiger partial charge in [0.25, 0.3) is 0 Å². The predicted octanol–water partition coefficient (Wildman–Crippen LogP) is 0.722. The zero-order valence-corrected chi connectivity index (χ0v) is 13.4. The van der Waals surface area contributed by atoms with Gasteiger partial charge in [-0.2, -0.15) is 0 Å². The summed E-state index contributed by atoms with van der Waals surface area (Å²) in [6, 6.07) is 8.42. The first-order chi connectivity index (χ1) is 12.1. The normalized spacial score (nSPS) is 11.9. The molecule has 0 spiro atoms. The van der Waals surface area contributed by atoms with E-state index >= 15 is 0 Å². The largest absolute Gasteiger partial charge is 0.503 e. The Bertz CT molecular complexity index is 1190. The molecule has 0 radical (unpaired) electrons. The highest BCUT2D eigenvalue weighted by atomic mass is 16.3. The lowest BCUT2D eigenvalue weighted by Crippen LogP contribution is -2.23. The van der Waals surface area contributed by atoms with Crippen LogP contribution in [-0.4, -0.2) is 39.7 Å². The smallest absolute Gasteiger partial charge is 0.223 e. The summed E-state index contributed by atoms with van der Waals surface area (Å²) >= 11 is 0. The van der Waals surface area contributed by atoms with E-state index in [9.17, 15) is 14.7 Å². The van der Waals surface area contributed by atoms with Gasteiger partial charge in [0.05, 0.1) is 18.7 Å². The first-order valence-corrected chi connectivity index (χ1v) is 8.07. The maximum absolute atomic E-state index is 12.8. The Morgan fingerprint density at radius 3 is 2.60 bits per heavy atom. The van der Waals surface area contributed by atoms with E-state index in [0.717, 1.165) is 10.9 Å². The fourth-order valence-corrected chi connectivity index (χ4v) is 3.38. The average Bonchev–Trinajstić information content (AvgIpc) is 3.00. The van der Waals surface area contributed by atoms with Crippen molar-refractivity contribution >= 4 is 32.6 Å². The quantitative estimate of drug-likeness (QED) is 0.317. The topological polar surface area (TPSA) is 107 Å². The van der Waals surface area contributed by atoms with Crippen molar-refractivity contribution in [1.29, 1.82) is 0 Å². The van der Waals surface area contributed by atoms with Crippen molar-refractivity contribution in [2.75, 3.05) is 19.7 Å². The first-order valence-electron chi connectivity index (χ1n) is 8.07. The highest BCUT2D eigenvalue weighted by Gasteiger charge is 2.20. The number of nitrogens with zero attached hydrogens (tertiary/aromatic N) is 1. The lowest BCUT2D eigenvalue weighted by atomic mass is 10.0. The van der Waals surface area contributed by atoms with Crippen molar-refractivity contribution in [3.63, 3.8) is 0 Å². The van der Waals surface area contributed by atoms with E-state index in [0.29, 0.717) is 41.3 Å². The number of aromatic amines is 1. The molecule has 0 aliphatic carbocycles. The van der Waals surface area contributed by atoms with Crippen molar-refractivity contribution in [2.24, 2.45) is 0 Å². The van der Waals surface area contributed by atoms with Gasteiger partial charge in [-0.1, -0.05) is 24.3 Å².